The van der Waals surface area contributed by atoms with Crippen molar-refractivity contribution in [3.63, 3.8) is 0 Å². The van der Waals surface area contributed by atoms with Crippen molar-refractivity contribution in [2.75, 3.05) is 44.6 Å². The van der Waals surface area contributed by atoms with E-state index in [1.54, 1.807) is 24.8 Å². The average Bonchev–Trinajstić information content (AvgIpc) is 3.88. The minimum Gasteiger partial charge on any atom is -0.492 e. The Balaban J connectivity index is 1.05. The number of imidazole rings is 1. The summed E-state index contributed by atoms with van der Waals surface area (Å²) in [6.45, 7) is 5.37. The molecule has 0 atom stereocenters. The van der Waals surface area contributed by atoms with Gasteiger partial charge < -0.3 is 20.4 Å². The predicted octanol–water partition coefficient (Wildman–Crippen LogP) is 5.57. The Kier molecular flexibility index (Phi) is 8.67. The molecule has 2 aliphatic heterocycles. The van der Waals surface area contributed by atoms with Gasteiger partial charge in [0.05, 0.1) is 40.5 Å². The van der Waals surface area contributed by atoms with Gasteiger partial charge in [-0.1, -0.05) is 0 Å². The Morgan fingerprint density at radius 2 is 1.86 bits per heavy atom. The summed E-state index contributed by atoms with van der Waals surface area (Å²) in [5.41, 5.74) is 5.84. The van der Waals surface area contributed by atoms with Crippen LogP contribution in [-0.4, -0.2) is 85.3 Å². The van der Waals surface area contributed by atoms with Crippen molar-refractivity contribution in [2.24, 2.45) is 5.92 Å². The van der Waals surface area contributed by atoms with Gasteiger partial charge in [-0.3, -0.25) is 29.7 Å². The molecule has 0 aliphatic carbocycles. The third-order valence-corrected chi connectivity index (χ3v) is 9.34. The fourth-order valence-electron chi connectivity index (χ4n) is 6.80. The molecule has 2 aliphatic rings. The SMILES string of the molecule is O=C(CC1CCNCC1)Nc1cncc(-c2cc3c(-c4nc5c(-c6cc(F)cc(OCCN7CCCC7)c6)nccc5[nH]4)n[nH]c3cn2)c1. The maximum absolute atomic E-state index is 14.8. The van der Waals surface area contributed by atoms with Crippen LogP contribution in [0.15, 0.2) is 61.2 Å². The number of nitrogens with one attached hydrogen (secondary N) is 4. The third-order valence-electron chi connectivity index (χ3n) is 9.34. The highest BCUT2D eigenvalue weighted by atomic mass is 19.1. The molecule has 13 heteroatoms. The molecule has 6 aromatic rings. The Hall–Kier alpha value is -5.27. The van der Waals surface area contributed by atoms with E-state index in [0.29, 0.717) is 64.4 Å². The number of ether oxygens (including phenoxy) is 1. The second kappa shape index (κ2) is 13.7. The third kappa shape index (κ3) is 6.85. The zero-order chi connectivity index (χ0) is 33.2. The van der Waals surface area contributed by atoms with Crippen molar-refractivity contribution in [1.82, 2.24) is 45.3 Å². The van der Waals surface area contributed by atoms with Gasteiger partial charge in [-0.05, 0) is 88.1 Å². The lowest BCUT2D eigenvalue weighted by molar-refractivity contribution is -0.117. The van der Waals surface area contributed by atoms with Gasteiger partial charge in [0.1, 0.15) is 29.4 Å². The van der Waals surface area contributed by atoms with Crippen LogP contribution in [0.1, 0.15) is 32.1 Å². The molecule has 7 heterocycles. The van der Waals surface area contributed by atoms with Gasteiger partial charge in [0, 0.05) is 47.9 Å². The van der Waals surface area contributed by atoms with E-state index in [0.717, 1.165) is 67.5 Å². The standard InChI is InChI=1S/C36H37FN10O2/c37-25-14-23(16-27(17-25)49-12-11-47-9-1-2-10-47)33-35-29(5-8-40-33)43-36(44-35)34-28-18-30(41-21-31(28)45-46-34)24-15-26(20-39-19-24)42-32(48)13-22-3-6-38-7-4-22/h5,8,14-22,38H,1-4,6-7,9-13H2,(H,42,48)(H,43,44)(H,45,46). The van der Waals surface area contributed by atoms with Crippen LogP contribution in [0.3, 0.4) is 0 Å². The number of carbonyl (C=O) groups excluding carboxylic acids is 1. The number of benzene rings is 1. The molecule has 0 radical (unpaired) electrons. The molecule has 0 spiro atoms. The summed E-state index contributed by atoms with van der Waals surface area (Å²) < 4.78 is 20.8. The molecular weight excluding hydrogens is 623 g/mol. The van der Waals surface area contributed by atoms with Crippen LogP contribution >= 0.6 is 0 Å². The Morgan fingerprint density at radius 1 is 0.980 bits per heavy atom. The zero-order valence-corrected chi connectivity index (χ0v) is 27.0. The van der Waals surface area contributed by atoms with E-state index in [2.05, 4.69) is 45.7 Å². The number of pyridine rings is 3. The summed E-state index contributed by atoms with van der Waals surface area (Å²) in [6.07, 6.45) is 11.7. The number of H-pyrrole nitrogens is 2. The number of hydrogen-bond donors (Lipinski definition) is 4. The number of piperidine rings is 1. The molecule has 0 bridgehead atoms. The van der Waals surface area contributed by atoms with E-state index >= 15 is 0 Å². The lowest BCUT2D eigenvalue weighted by atomic mass is 9.94. The summed E-state index contributed by atoms with van der Waals surface area (Å²) >= 11 is 0. The van der Waals surface area contributed by atoms with Gasteiger partial charge in [0.25, 0.3) is 0 Å². The number of likely N-dealkylation sites (tertiary alicyclic amines) is 1. The molecule has 5 aromatic heterocycles. The lowest BCUT2D eigenvalue weighted by Crippen LogP contribution is -2.30. The highest BCUT2D eigenvalue weighted by Gasteiger charge is 2.20. The fraction of sp³-hybridized carbons (Fsp3) is 0.333. The average molecular weight is 661 g/mol. The van der Waals surface area contributed by atoms with Gasteiger partial charge in [0.15, 0.2) is 5.82 Å². The number of halogens is 1. The summed E-state index contributed by atoms with van der Waals surface area (Å²) in [5, 5.41) is 14.8. The Morgan fingerprint density at radius 3 is 2.73 bits per heavy atom. The molecule has 12 nitrogen and oxygen atoms in total. The number of carbonyl (C=O) groups is 1. The number of nitrogens with zero attached hydrogens (tertiary/aromatic N) is 6. The monoisotopic (exact) mass is 660 g/mol. The highest BCUT2D eigenvalue weighted by molar-refractivity contribution is 5.97. The van der Waals surface area contributed by atoms with E-state index in [-0.39, 0.29) is 5.91 Å². The van der Waals surface area contributed by atoms with Crippen LogP contribution in [0, 0.1) is 11.7 Å². The lowest BCUT2D eigenvalue weighted by Gasteiger charge is -2.21. The van der Waals surface area contributed by atoms with Crippen molar-refractivity contribution in [1.29, 1.82) is 0 Å². The van der Waals surface area contributed by atoms with E-state index in [9.17, 15) is 9.18 Å². The van der Waals surface area contributed by atoms with E-state index in [4.69, 9.17) is 9.72 Å². The minimum atomic E-state index is -0.401. The number of hydrogen-bond acceptors (Lipinski definition) is 9. The molecule has 1 aromatic carbocycles. The van der Waals surface area contributed by atoms with Crippen molar-refractivity contribution < 1.29 is 13.9 Å². The molecule has 250 valence electrons. The van der Waals surface area contributed by atoms with Crippen LogP contribution in [0.4, 0.5) is 10.1 Å². The summed E-state index contributed by atoms with van der Waals surface area (Å²) in [5.74, 6) is 0.970. The van der Waals surface area contributed by atoms with Gasteiger partial charge in [0.2, 0.25) is 5.91 Å². The molecule has 49 heavy (non-hydrogen) atoms. The van der Waals surface area contributed by atoms with Crippen molar-refractivity contribution in [3.05, 3.63) is 67.0 Å². The number of fused-ring (bicyclic) bond motifs is 2. The van der Waals surface area contributed by atoms with Crippen LogP contribution in [-0.2, 0) is 4.79 Å². The molecule has 2 fully saturated rings. The van der Waals surface area contributed by atoms with Crippen LogP contribution in [0.25, 0.3) is 56.0 Å². The number of amides is 1. The molecule has 8 rings (SSSR count). The first-order valence-corrected chi connectivity index (χ1v) is 16.9. The molecule has 0 unspecified atom stereocenters. The molecule has 1 amide bonds. The molecule has 0 saturated carbocycles. The quantitative estimate of drug-likeness (QED) is 0.148. The normalized spacial score (nSPS) is 15.7. The number of rotatable bonds is 10. The summed E-state index contributed by atoms with van der Waals surface area (Å²) in [6, 6.07) is 10.3. The van der Waals surface area contributed by atoms with Crippen molar-refractivity contribution in [2.45, 2.75) is 32.1 Å². The zero-order valence-electron chi connectivity index (χ0n) is 27.0. The number of aromatic nitrogens is 7. The van der Waals surface area contributed by atoms with E-state index < -0.39 is 5.82 Å². The molecule has 4 N–H and O–H groups in total. The van der Waals surface area contributed by atoms with E-state index in [1.807, 2.05) is 24.3 Å². The van der Waals surface area contributed by atoms with Gasteiger partial charge in [-0.2, -0.15) is 5.10 Å². The Bertz CT molecular complexity index is 2120. The second-order valence-electron chi connectivity index (χ2n) is 12.8. The first kappa shape index (κ1) is 31.0. The van der Waals surface area contributed by atoms with Crippen molar-refractivity contribution >= 4 is 33.5 Å². The number of aromatic amines is 2. The van der Waals surface area contributed by atoms with Crippen LogP contribution in [0.5, 0.6) is 5.75 Å². The Labute approximate surface area is 281 Å². The first-order chi connectivity index (χ1) is 24.1. The largest absolute Gasteiger partial charge is 0.492 e. The van der Waals surface area contributed by atoms with Gasteiger partial charge >= 0.3 is 0 Å². The first-order valence-electron chi connectivity index (χ1n) is 16.9. The van der Waals surface area contributed by atoms with Gasteiger partial charge in [-0.25, -0.2) is 9.37 Å². The smallest absolute Gasteiger partial charge is 0.224 e. The summed E-state index contributed by atoms with van der Waals surface area (Å²) in [4.78, 5) is 37.0. The van der Waals surface area contributed by atoms with Crippen LogP contribution < -0.4 is 15.4 Å². The van der Waals surface area contributed by atoms with Gasteiger partial charge in [-0.15, -0.1) is 0 Å². The highest BCUT2D eigenvalue weighted by Crippen LogP contribution is 2.33. The maximum atomic E-state index is 14.8. The number of anilines is 1. The predicted molar refractivity (Wildman–Crippen MR) is 185 cm³/mol. The summed E-state index contributed by atoms with van der Waals surface area (Å²) in [7, 11) is 0. The molecule has 2 saturated heterocycles. The molecular formula is C36H37FN10O2. The van der Waals surface area contributed by atoms with E-state index in [1.165, 1.54) is 25.0 Å². The maximum Gasteiger partial charge on any atom is 0.224 e. The van der Waals surface area contributed by atoms with Crippen molar-refractivity contribution in [3.8, 4) is 39.8 Å². The van der Waals surface area contributed by atoms with Crippen LogP contribution in [0.2, 0.25) is 0 Å². The fourth-order valence-corrected chi connectivity index (χ4v) is 6.80. The minimum absolute atomic E-state index is 0.00960. The second-order valence-corrected chi connectivity index (χ2v) is 12.8. The topological polar surface area (TPSA) is 150 Å².